The molecule has 2 fully saturated rings. The maximum Gasteiger partial charge on any atom is 0.0624 e. The molecule has 0 amide bonds. The second-order valence-corrected chi connectivity index (χ2v) is 4.69. The van der Waals surface area contributed by atoms with Crippen molar-refractivity contribution in [2.75, 3.05) is 0 Å². The molecule has 1 nitrogen and oxygen atoms in total. The first-order valence-corrected chi connectivity index (χ1v) is 5.27. The van der Waals surface area contributed by atoms with Crippen molar-refractivity contribution in [3.63, 3.8) is 0 Å². The Morgan fingerprint density at radius 3 is 2.83 bits per heavy atom. The van der Waals surface area contributed by atoms with Crippen LogP contribution in [-0.4, -0.2) is 5.38 Å². The van der Waals surface area contributed by atoms with E-state index >= 15 is 0 Å². The van der Waals surface area contributed by atoms with E-state index in [2.05, 4.69) is 6.07 Å². The zero-order chi connectivity index (χ0) is 8.55. The molecule has 4 atom stereocenters. The summed E-state index contributed by atoms with van der Waals surface area (Å²) in [4.78, 5) is 0. The highest BCUT2D eigenvalue weighted by Crippen LogP contribution is 2.50. The molecule has 2 aliphatic rings. The fourth-order valence-electron chi connectivity index (χ4n) is 3.04. The van der Waals surface area contributed by atoms with Crippen molar-refractivity contribution in [1.82, 2.24) is 0 Å². The van der Waals surface area contributed by atoms with Gasteiger partial charge in [-0.2, -0.15) is 5.26 Å². The summed E-state index contributed by atoms with van der Waals surface area (Å²) >= 11 is 6.23. The molecule has 2 rings (SSSR count). The standard InChI is InChI=1S/C10H14ClN/c11-10-6-7(4-5-12)8-2-1-3-9(8)10/h7-10H,1-4,6H2/t7-,8+,9+,10-/m0/s1. The fourth-order valence-corrected chi connectivity index (χ4v) is 3.58. The minimum Gasteiger partial charge on any atom is -0.198 e. The van der Waals surface area contributed by atoms with Crippen LogP contribution in [-0.2, 0) is 0 Å². The van der Waals surface area contributed by atoms with Gasteiger partial charge in [-0.1, -0.05) is 6.42 Å². The fraction of sp³-hybridized carbons (Fsp3) is 0.900. The third kappa shape index (κ3) is 1.23. The maximum atomic E-state index is 8.64. The zero-order valence-electron chi connectivity index (χ0n) is 7.17. The summed E-state index contributed by atoms with van der Waals surface area (Å²) < 4.78 is 0. The molecule has 2 heteroatoms. The predicted octanol–water partition coefficient (Wildman–Crippen LogP) is 2.94. The molecule has 0 N–H and O–H groups in total. The molecule has 0 aromatic heterocycles. The van der Waals surface area contributed by atoms with Crippen LogP contribution in [0.2, 0.25) is 0 Å². The first-order chi connectivity index (χ1) is 5.83. The third-order valence-corrected chi connectivity index (χ3v) is 4.08. The number of fused-ring (bicyclic) bond motifs is 1. The molecule has 0 saturated heterocycles. The topological polar surface area (TPSA) is 23.8 Å². The number of hydrogen-bond acceptors (Lipinski definition) is 1. The van der Waals surface area contributed by atoms with Gasteiger partial charge in [0.15, 0.2) is 0 Å². The number of hydrogen-bond donors (Lipinski definition) is 0. The lowest BCUT2D eigenvalue weighted by atomic mass is 9.90. The van der Waals surface area contributed by atoms with E-state index in [1.165, 1.54) is 19.3 Å². The second-order valence-electron chi connectivity index (χ2n) is 4.13. The molecule has 0 aromatic carbocycles. The summed E-state index contributed by atoms with van der Waals surface area (Å²) in [6.07, 6.45) is 5.77. The van der Waals surface area contributed by atoms with Gasteiger partial charge in [-0.3, -0.25) is 0 Å². The summed E-state index contributed by atoms with van der Waals surface area (Å²) in [5.41, 5.74) is 0. The molecule has 12 heavy (non-hydrogen) atoms. The Hall–Kier alpha value is -0.220. The minimum absolute atomic E-state index is 0.371. The van der Waals surface area contributed by atoms with Gasteiger partial charge in [0, 0.05) is 11.8 Å². The lowest BCUT2D eigenvalue weighted by Gasteiger charge is -2.14. The van der Waals surface area contributed by atoms with Crippen LogP contribution in [0.15, 0.2) is 0 Å². The smallest absolute Gasteiger partial charge is 0.0624 e. The van der Waals surface area contributed by atoms with Gasteiger partial charge in [0.25, 0.3) is 0 Å². The summed E-state index contributed by atoms with van der Waals surface area (Å²) in [6.45, 7) is 0. The van der Waals surface area contributed by atoms with Gasteiger partial charge >= 0.3 is 0 Å². The SMILES string of the molecule is N#CC[C@H]1C[C@H](Cl)[C@@H]2CCC[C@H]12. The molecule has 0 heterocycles. The van der Waals surface area contributed by atoms with Gasteiger partial charge < -0.3 is 0 Å². The van der Waals surface area contributed by atoms with Crippen LogP contribution in [0.5, 0.6) is 0 Å². The van der Waals surface area contributed by atoms with Gasteiger partial charge in [-0.05, 0) is 37.0 Å². The molecular formula is C10H14ClN. The van der Waals surface area contributed by atoms with Crippen molar-refractivity contribution in [3.8, 4) is 6.07 Å². The van der Waals surface area contributed by atoms with Crippen LogP contribution >= 0.6 is 11.6 Å². The highest BCUT2D eigenvalue weighted by Gasteiger charge is 2.44. The normalized spacial score (nSPS) is 45.7. The largest absolute Gasteiger partial charge is 0.198 e. The van der Waals surface area contributed by atoms with E-state index in [0.29, 0.717) is 11.3 Å². The molecule has 0 aliphatic heterocycles. The van der Waals surface area contributed by atoms with Crippen LogP contribution in [0.25, 0.3) is 0 Å². The molecule has 0 bridgehead atoms. The predicted molar refractivity (Wildman–Crippen MR) is 48.8 cm³/mol. The van der Waals surface area contributed by atoms with Crippen LogP contribution in [0, 0.1) is 29.1 Å². The van der Waals surface area contributed by atoms with Crippen molar-refractivity contribution in [2.45, 2.75) is 37.5 Å². The Bertz CT molecular complexity index is 208. The highest BCUT2D eigenvalue weighted by molar-refractivity contribution is 6.21. The van der Waals surface area contributed by atoms with E-state index < -0.39 is 0 Å². The van der Waals surface area contributed by atoms with Crippen LogP contribution in [0.3, 0.4) is 0 Å². The van der Waals surface area contributed by atoms with Gasteiger partial charge in [-0.15, -0.1) is 11.6 Å². The van der Waals surface area contributed by atoms with Crippen molar-refractivity contribution in [3.05, 3.63) is 0 Å². The van der Waals surface area contributed by atoms with E-state index in [9.17, 15) is 0 Å². The lowest BCUT2D eigenvalue weighted by molar-refractivity contribution is 0.358. The van der Waals surface area contributed by atoms with E-state index in [0.717, 1.165) is 24.7 Å². The minimum atomic E-state index is 0.371. The molecule has 0 spiro atoms. The quantitative estimate of drug-likeness (QED) is 0.574. The average Bonchev–Trinajstić information content (AvgIpc) is 2.58. The number of halogens is 1. The number of rotatable bonds is 1. The van der Waals surface area contributed by atoms with Crippen LogP contribution in [0.4, 0.5) is 0 Å². The Labute approximate surface area is 78.7 Å². The Balaban J connectivity index is 2.05. The van der Waals surface area contributed by atoms with Crippen molar-refractivity contribution in [1.29, 1.82) is 5.26 Å². The van der Waals surface area contributed by atoms with Crippen molar-refractivity contribution in [2.24, 2.45) is 17.8 Å². The summed E-state index contributed by atoms with van der Waals surface area (Å²) in [7, 11) is 0. The van der Waals surface area contributed by atoms with E-state index in [1.54, 1.807) is 0 Å². The molecular weight excluding hydrogens is 170 g/mol. The zero-order valence-corrected chi connectivity index (χ0v) is 7.93. The molecule has 0 unspecified atom stereocenters. The van der Waals surface area contributed by atoms with Gasteiger partial charge in [-0.25, -0.2) is 0 Å². The number of nitriles is 1. The summed E-state index contributed by atoms with van der Waals surface area (Å²) in [5, 5.41) is 9.01. The van der Waals surface area contributed by atoms with E-state index in [4.69, 9.17) is 16.9 Å². The van der Waals surface area contributed by atoms with E-state index in [-0.39, 0.29) is 0 Å². The van der Waals surface area contributed by atoms with Gasteiger partial charge in [0.05, 0.1) is 6.07 Å². The summed E-state index contributed by atoms with van der Waals surface area (Å²) in [6, 6.07) is 2.28. The summed E-state index contributed by atoms with van der Waals surface area (Å²) in [5.74, 6) is 2.14. The molecule has 0 aromatic rings. The Kier molecular flexibility index (Phi) is 2.28. The van der Waals surface area contributed by atoms with Gasteiger partial charge in [0.1, 0.15) is 0 Å². The number of nitrogens with zero attached hydrogens (tertiary/aromatic N) is 1. The van der Waals surface area contributed by atoms with Crippen LogP contribution in [0.1, 0.15) is 32.1 Å². The Morgan fingerprint density at radius 2 is 2.08 bits per heavy atom. The second kappa shape index (κ2) is 3.26. The lowest BCUT2D eigenvalue weighted by Crippen LogP contribution is -2.10. The highest BCUT2D eigenvalue weighted by atomic mass is 35.5. The maximum absolute atomic E-state index is 8.64. The monoisotopic (exact) mass is 183 g/mol. The van der Waals surface area contributed by atoms with Crippen LogP contribution < -0.4 is 0 Å². The molecule has 2 aliphatic carbocycles. The van der Waals surface area contributed by atoms with Crippen molar-refractivity contribution < 1.29 is 0 Å². The first kappa shape index (κ1) is 8.38. The molecule has 66 valence electrons. The van der Waals surface area contributed by atoms with Gasteiger partial charge in [0.2, 0.25) is 0 Å². The Morgan fingerprint density at radius 1 is 1.33 bits per heavy atom. The first-order valence-electron chi connectivity index (χ1n) is 4.84. The number of alkyl halides is 1. The molecule has 2 saturated carbocycles. The van der Waals surface area contributed by atoms with Crippen molar-refractivity contribution >= 4 is 11.6 Å². The average molecular weight is 184 g/mol. The van der Waals surface area contributed by atoms with E-state index in [1.807, 2.05) is 0 Å². The molecule has 0 radical (unpaired) electrons. The third-order valence-electron chi connectivity index (χ3n) is 3.58.